The molecule has 1 aromatic heterocycles. The summed E-state index contributed by atoms with van der Waals surface area (Å²) < 4.78 is 0. The molecule has 0 fully saturated rings. The fourth-order valence-electron chi connectivity index (χ4n) is 1.01. The molecule has 16 heavy (non-hydrogen) atoms. The van der Waals surface area contributed by atoms with E-state index in [1.807, 2.05) is 0 Å². The number of hydroxylamine groups is 2. The molecule has 0 saturated heterocycles. The Morgan fingerprint density at radius 2 is 2.19 bits per heavy atom. The molecule has 1 heterocycles. The molecule has 2 amide bonds. The summed E-state index contributed by atoms with van der Waals surface area (Å²) in [5, 5.41) is 11.6. The van der Waals surface area contributed by atoms with Crippen LogP contribution in [0, 0.1) is 0 Å². The van der Waals surface area contributed by atoms with E-state index in [2.05, 4.69) is 10.3 Å². The van der Waals surface area contributed by atoms with Crippen molar-refractivity contribution in [3.8, 4) is 0 Å². The fourth-order valence-corrected chi connectivity index (χ4v) is 1.01. The van der Waals surface area contributed by atoms with E-state index in [1.54, 1.807) is 0 Å². The smallest absolute Gasteiger partial charge is 0.409 e. The Hall–Kier alpha value is -2.15. The van der Waals surface area contributed by atoms with Crippen LogP contribution < -0.4 is 5.32 Å². The summed E-state index contributed by atoms with van der Waals surface area (Å²) in [6.45, 7) is 0. The Labute approximate surface area is 91.6 Å². The normalized spacial score (nSPS) is 9.62. The van der Waals surface area contributed by atoms with Crippen molar-refractivity contribution in [1.29, 1.82) is 0 Å². The Morgan fingerprint density at radius 3 is 2.75 bits per heavy atom. The topological polar surface area (TPSA) is 91.8 Å². The van der Waals surface area contributed by atoms with E-state index < -0.39 is 12.0 Å². The van der Waals surface area contributed by atoms with Gasteiger partial charge in [-0.05, 0) is 6.07 Å². The van der Waals surface area contributed by atoms with Crippen LogP contribution in [0.3, 0.4) is 0 Å². The lowest BCUT2D eigenvalue weighted by molar-refractivity contribution is -0.0757. The third-order valence-corrected chi connectivity index (χ3v) is 1.80. The summed E-state index contributed by atoms with van der Waals surface area (Å²) in [5.74, 6) is -0.413. The van der Waals surface area contributed by atoms with Crippen LogP contribution in [-0.2, 0) is 4.84 Å². The Morgan fingerprint density at radius 1 is 1.50 bits per heavy atom. The predicted octanol–water partition coefficient (Wildman–Crippen LogP) is 0.805. The van der Waals surface area contributed by atoms with Crippen molar-refractivity contribution in [3.05, 3.63) is 24.0 Å². The summed E-state index contributed by atoms with van der Waals surface area (Å²) in [6.07, 6.45) is 1.41. The zero-order valence-corrected chi connectivity index (χ0v) is 8.80. The molecule has 0 aromatic carbocycles. The summed E-state index contributed by atoms with van der Waals surface area (Å²) in [4.78, 5) is 30.4. The van der Waals surface area contributed by atoms with Crippen molar-refractivity contribution in [1.82, 2.24) is 10.0 Å². The van der Waals surface area contributed by atoms with Gasteiger partial charge in [0.05, 0.1) is 24.6 Å². The minimum atomic E-state index is -1.22. The number of carboxylic acid groups (broad SMARTS) is 1. The molecule has 2 N–H and O–H groups in total. The van der Waals surface area contributed by atoms with Crippen molar-refractivity contribution in [2.45, 2.75) is 0 Å². The number of nitrogens with one attached hydrogen (secondary N) is 1. The molecule has 0 unspecified atom stereocenters. The monoisotopic (exact) mass is 225 g/mol. The van der Waals surface area contributed by atoms with Gasteiger partial charge in [0.1, 0.15) is 0 Å². The van der Waals surface area contributed by atoms with E-state index in [9.17, 15) is 9.59 Å². The second kappa shape index (κ2) is 5.08. The highest BCUT2D eigenvalue weighted by Gasteiger charge is 2.12. The Balaban J connectivity index is 2.89. The van der Waals surface area contributed by atoms with Gasteiger partial charge in [-0.1, -0.05) is 0 Å². The maximum atomic E-state index is 11.6. The largest absolute Gasteiger partial charge is 0.465 e. The molecule has 0 saturated carbocycles. The number of nitrogens with zero attached hydrogens (tertiary/aromatic N) is 2. The van der Waals surface area contributed by atoms with Crippen LogP contribution in [0.4, 0.5) is 10.5 Å². The molecule has 0 bridgehead atoms. The highest BCUT2D eigenvalue weighted by molar-refractivity contribution is 5.94. The number of pyridine rings is 1. The molecule has 86 valence electrons. The zero-order valence-electron chi connectivity index (χ0n) is 8.80. The van der Waals surface area contributed by atoms with E-state index in [0.29, 0.717) is 0 Å². The molecule has 1 rings (SSSR count). The van der Waals surface area contributed by atoms with Crippen LogP contribution >= 0.6 is 0 Å². The molecular formula is C9H11N3O4. The quantitative estimate of drug-likeness (QED) is 0.742. The lowest BCUT2D eigenvalue weighted by Crippen LogP contribution is -2.25. The van der Waals surface area contributed by atoms with Gasteiger partial charge in [0, 0.05) is 13.2 Å². The predicted molar refractivity (Wildman–Crippen MR) is 55.0 cm³/mol. The Bertz CT molecular complexity index is 407. The molecule has 0 atom stereocenters. The van der Waals surface area contributed by atoms with Gasteiger partial charge in [-0.3, -0.25) is 19.9 Å². The standard InChI is InChI=1S/C9H11N3O4/c1-12(16-2)8(13)6-3-7(5-10-4-6)11-9(14)15/h3-5,11H,1-2H3,(H,14,15). The van der Waals surface area contributed by atoms with Crippen LogP contribution in [0.2, 0.25) is 0 Å². The lowest BCUT2D eigenvalue weighted by atomic mass is 10.2. The zero-order chi connectivity index (χ0) is 12.1. The first-order chi connectivity index (χ1) is 7.54. The Kier molecular flexibility index (Phi) is 3.78. The van der Waals surface area contributed by atoms with Gasteiger partial charge in [-0.15, -0.1) is 0 Å². The second-order valence-electron chi connectivity index (χ2n) is 2.88. The summed E-state index contributed by atoms with van der Waals surface area (Å²) >= 11 is 0. The molecule has 0 aliphatic heterocycles. The van der Waals surface area contributed by atoms with Gasteiger partial charge < -0.3 is 5.11 Å². The van der Waals surface area contributed by atoms with Crippen LogP contribution in [0.1, 0.15) is 10.4 Å². The van der Waals surface area contributed by atoms with E-state index in [1.165, 1.54) is 32.6 Å². The van der Waals surface area contributed by atoms with Crippen LogP contribution in [0.25, 0.3) is 0 Å². The third kappa shape index (κ3) is 2.92. The first-order valence-corrected chi connectivity index (χ1v) is 4.31. The van der Waals surface area contributed by atoms with Crippen molar-refractivity contribution in [3.63, 3.8) is 0 Å². The van der Waals surface area contributed by atoms with Gasteiger partial charge in [0.15, 0.2) is 0 Å². The number of amides is 2. The average molecular weight is 225 g/mol. The molecule has 7 heteroatoms. The molecule has 0 radical (unpaired) electrons. The molecule has 0 aliphatic carbocycles. The van der Waals surface area contributed by atoms with Gasteiger partial charge in [-0.25, -0.2) is 9.86 Å². The molecule has 1 aromatic rings. The summed E-state index contributed by atoms with van der Waals surface area (Å²) in [6, 6.07) is 1.37. The SMILES string of the molecule is CON(C)C(=O)c1cncc(NC(=O)O)c1. The lowest BCUT2D eigenvalue weighted by Gasteiger charge is -2.13. The minimum Gasteiger partial charge on any atom is -0.465 e. The number of anilines is 1. The van der Waals surface area contributed by atoms with E-state index >= 15 is 0 Å². The van der Waals surface area contributed by atoms with E-state index in [4.69, 9.17) is 9.94 Å². The van der Waals surface area contributed by atoms with Gasteiger partial charge >= 0.3 is 6.09 Å². The highest BCUT2D eigenvalue weighted by atomic mass is 16.7. The van der Waals surface area contributed by atoms with Gasteiger partial charge in [-0.2, -0.15) is 0 Å². The molecule has 0 aliphatic rings. The first-order valence-electron chi connectivity index (χ1n) is 4.31. The van der Waals surface area contributed by atoms with Gasteiger partial charge in [0.25, 0.3) is 5.91 Å². The van der Waals surface area contributed by atoms with Gasteiger partial charge in [0.2, 0.25) is 0 Å². The van der Waals surface area contributed by atoms with E-state index in [-0.39, 0.29) is 11.3 Å². The first kappa shape index (κ1) is 11.9. The fraction of sp³-hybridized carbons (Fsp3) is 0.222. The van der Waals surface area contributed by atoms with Crippen LogP contribution in [-0.4, -0.2) is 41.3 Å². The summed E-state index contributed by atoms with van der Waals surface area (Å²) in [5.41, 5.74) is 0.457. The van der Waals surface area contributed by atoms with Crippen molar-refractivity contribution in [2.24, 2.45) is 0 Å². The third-order valence-electron chi connectivity index (χ3n) is 1.80. The van der Waals surface area contributed by atoms with Crippen molar-refractivity contribution >= 4 is 17.7 Å². The molecule has 0 spiro atoms. The maximum absolute atomic E-state index is 11.6. The van der Waals surface area contributed by atoms with Crippen molar-refractivity contribution < 1.29 is 19.5 Å². The molecule has 7 nitrogen and oxygen atoms in total. The number of aromatic nitrogens is 1. The number of carbonyl (C=O) groups is 2. The van der Waals surface area contributed by atoms with Crippen LogP contribution in [0.5, 0.6) is 0 Å². The summed E-state index contributed by atoms with van der Waals surface area (Å²) in [7, 11) is 2.80. The molecular weight excluding hydrogens is 214 g/mol. The number of hydrogen-bond acceptors (Lipinski definition) is 4. The number of hydrogen-bond donors (Lipinski definition) is 2. The number of carbonyl (C=O) groups excluding carboxylic acids is 1. The number of rotatable bonds is 3. The maximum Gasteiger partial charge on any atom is 0.409 e. The van der Waals surface area contributed by atoms with Crippen LogP contribution in [0.15, 0.2) is 18.5 Å². The van der Waals surface area contributed by atoms with Crippen molar-refractivity contribution in [2.75, 3.05) is 19.5 Å². The minimum absolute atomic E-state index is 0.225. The van der Waals surface area contributed by atoms with E-state index in [0.717, 1.165) is 5.06 Å². The average Bonchev–Trinajstić information content (AvgIpc) is 2.26. The highest BCUT2D eigenvalue weighted by Crippen LogP contribution is 2.10. The second-order valence-corrected chi connectivity index (χ2v) is 2.88.